The molecule has 0 fully saturated rings. The predicted octanol–water partition coefficient (Wildman–Crippen LogP) is 3.90. The van der Waals surface area contributed by atoms with Crippen molar-refractivity contribution in [1.82, 2.24) is 0 Å². The molecule has 98 valence electrons. The number of aryl methyl sites for hydroxylation is 1. The van der Waals surface area contributed by atoms with E-state index >= 15 is 0 Å². The van der Waals surface area contributed by atoms with Crippen LogP contribution in [0.1, 0.15) is 17.2 Å². The minimum atomic E-state index is 0.0930. The Bertz CT molecular complexity index is 628. The van der Waals surface area contributed by atoms with E-state index in [0.29, 0.717) is 6.61 Å². The molecule has 1 unspecified atom stereocenters. The average Bonchev–Trinajstić information content (AvgIpc) is 2.75. The first kappa shape index (κ1) is 12.2. The lowest BCUT2D eigenvalue weighted by atomic mass is 10.1. The standard InChI is InChI=1S/C15H14ClNO2/c1-9-6-10(16)2-5-13(9)17-14-8-19-15-7-11(18)3-4-12(14)15/h2-7,14,17-18H,8H2,1H3. The molecule has 3 nitrogen and oxygen atoms in total. The molecule has 1 aliphatic rings. The highest BCUT2D eigenvalue weighted by molar-refractivity contribution is 6.30. The Morgan fingerprint density at radius 3 is 2.89 bits per heavy atom. The molecule has 1 heterocycles. The van der Waals surface area contributed by atoms with Gasteiger partial charge in [0.25, 0.3) is 0 Å². The number of nitrogens with one attached hydrogen (secondary N) is 1. The first-order valence-corrected chi connectivity index (χ1v) is 6.50. The van der Waals surface area contributed by atoms with Crippen molar-refractivity contribution in [3.63, 3.8) is 0 Å². The number of halogens is 1. The topological polar surface area (TPSA) is 41.5 Å². The maximum atomic E-state index is 9.43. The Balaban J connectivity index is 1.86. The third kappa shape index (κ3) is 2.34. The van der Waals surface area contributed by atoms with Crippen molar-refractivity contribution in [2.24, 2.45) is 0 Å². The Kier molecular flexibility index (Phi) is 2.99. The van der Waals surface area contributed by atoms with Crippen LogP contribution in [0.25, 0.3) is 0 Å². The van der Waals surface area contributed by atoms with Gasteiger partial charge in [0, 0.05) is 22.3 Å². The van der Waals surface area contributed by atoms with Crippen LogP contribution in [0.15, 0.2) is 36.4 Å². The van der Waals surface area contributed by atoms with Gasteiger partial charge in [-0.2, -0.15) is 0 Å². The predicted molar refractivity (Wildman–Crippen MR) is 76.2 cm³/mol. The van der Waals surface area contributed by atoms with Crippen molar-refractivity contribution in [3.8, 4) is 11.5 Å². The summed E-state index contributed by atoms with van der Waals surface area (Å²) in [4.78, 5) is 0. The highest BCUT2D eigenvalue weighted by atomic mass is 35.5. The second kappa shape index (κ2) is 4.67. The zero-order valence-corrected chi connectivity index (χ0v) is 11.2. The van der Waals surface area contributed by atoms with Gasteiger partial charge in [0.1, 0.15) is 18.1 Å². The highest BCUT2D eigenvalue weighted by Crippen LogP contribution is 2.37. The van der Waals surface area contributed by atoms with Crippen LogP contribution >= 0.6 is 11.6 Å². The van der Waals surface area contributed by atoms with Crippen LogP contribution in [0.4, 0.5) is 5.69 Å². The molecule has 0 aliphatic carbocycles. The van der Waals surface area contributed by atoms with Crippen LogP contribution in [0, 0.1) is 6.92 Å². The molecule has 1 atom stereocenters. The van der Waals surface area contributed by atoms with E-state index < -0.39 is 0 Å². The first-order chi connectivity index (χ1) is 9.13. The number of ether oxygens (including phenoxy) is 1. The highest BCUT2D eigenvalue weighted by Gasteiger charge is 2.24. The van der Waals surface area contributed by atoms with Crippen LogP contribution < -0.4 is 10.1 Å². The summed E-state index contributed by atoms with van der Waals surface area (Å²) in [6, 6.07) is 11.1. The van der Waals surface area contributed by atoms with Crippen molar-refractivity contribution < 1.29 is 9.84 Å². The summed E-state index contributed by atoms with van der Waals surface area (Å²) in [6.07, 6.45) is 0. The zero-order valence-electron chi connectivity index (χ0n) is 10.5. The average molecular weight is 276 g/mol. The maximum Gasteiger partial charge on any atom is 0.128 e. The Morgan fingerprint density at radius 2 is 2.11 bits per heavy atom. The van der Waals surface area contributed by atoms with Crippen LogP contribution in [-0.2, 0) is 0 Å². The molecule has 2 aromatic rings. The number of anilines is 1. The number of aromatic hydroxyl groups is 1. The molecule has 0 radical (unpaired) electrons. The normalized spacial score (nSPS) is 16.8. The largest absolute Gasteiger partial charge is 0.508 e. The minimum absolute atomic E-state index is 0.0930. The number of phenols is 1. The van der Waals surface area contributed by atoms with Gasteiger partial charge in [0.05, 0.1) is 6.04 Å². The number of rotatable bonds is 2. The molecule has 19 heavy (non-hydrogen) atoms. The SMILES string of the molecule is Cc1cc(Cl)ccc1NC1COc2cc(O)ccc21. The monoisotopic (exact) mass is 275 g/mol. The summed E-state index contributed by atoms with van der Waals surface area (Å²) in [5.74, 6) is 0.964. The van der Waals surface area contributed by atoms with E-state index in [1.54, 1.807) is 12.1 Å². The van der Waals surface area contributed by atoms with Gasteiger partial charge in [-0.05, 0) is 42.8 Å². The van der Waals surface area contributed by atoms with Crippen LogP contribution in [0.3, 0.4) is 0 Å². The maximum absolute atomic E-state index is 9.43. The van der Waals surface area contributed by atoms with E-state index in [-0.39, 0.29) is 11.8 Å². The molecule has 1 aliphatic heterocycles. The molecule has 2 N–H and O–H groups in total. The number of hydrogen-bond donors (Lipinski definition) is 2. The van der Waals surface area contributed by atoms with E-state index in [1.165, 1.54) is 0 Å². The van der Waals surface area contributed by atoms with Crippen molar-refractivity contribution in [1.29, 1.82) is 0 Å². The molecule has 0 saturated heterocycles. The number of fused-ring (bicyclic) bond motifs is 1. The Morgan fingerprint density at radius 1 is 1.26 bits per heavy atom. The van der Waals surface area contributed by atoms with Gasteiger partial charge in [0.15, 0.2) is 0 Å². The van der Waals surface area contributed by atoms with Crippen molar-refractivity contribution in [2.45, 2.75) is 13.0 Å². The van der Waals surface area contributed by atoms with Gasteiger partial charge < -0.3 is 15.2 Å². The number of phenolic OH excluding ortho intramolecular Hbond substituents is 1. The van der Waals surface area contributed by atoms with Crippen LogP contribution in [-0.4, -0.2) is 11.7 Å². The number of benzene rings is 2. The molecule has 0 spiro atoms. The quantitative estimate of drug-likeness (QED) is 0.873. The van der Waals surface area contributed by atoms with Gasteiger partial charge >= 0.3 is 0 Å². The van der Waals surface area contributed by atoms with E-state index in [9.17, 15) is 5.11 Å². The van der Waals surface area contributed by atoms with Gasteiger partial charge in [-0.15, -0.1) is 0 Å². The fraction of sp³-hybridized carbons (Fsp3) is 0.200. The third-order valence-electron chi connectivity index (χ3n) is 3.30. The summed E-state index contributed by atoms with van der Waals surface area (Å²) in [6.45, 7) is 2.57. The lowest BCUT2D eigenvalue weighted by molar-refractivity contribution is 0.338. The fourth-order valence-corrected chi connectivity index (χ4v) is 2.52. The second-order valence-electron chi connectivity index (χ2n) is 4.69. The van der Waals surface area contributed by atoms with Crippen molar-refractivity contribution in [3.05, 3.63) is 52.5 Å². The molecular weight excluding hydrogens is 262 g/mol. The summed E-state index contributed by atoms with van der Waals surface area (Å²) >= 11 is 5.95. The van der Waals surface area contributed by atoms with Crippen molar-refractivity contribution in [2.75, 3.05) is 11.9 Å². The molecule has 3 rings (SSSR count). The van der Waals surface area contributed by atoms with Gasteiger partial charge in [-0.3, -0.25) is 0 Å². The Labute approximate surface area is 116 Å². The molecule has 4 heteroatoms. The lowest BCUT2D eigenvalue weighted by Gasteiger charge is -2.15. The molecule has 0 amide bonds. The van der Waals surface area contributed by atoms with Gasteiger partial charge in [0.2, 0.25) is 0 Å². The van der Waals surface area contributed by atoms with E-state index in [0.717, 1.165) is 27.6 Å². The van der Waals surface area contributed by atoms with E-state index in [1.807, 2.05) is 31.2 Å². The van der Waals surface area contributed by atoms with E-state index in [4.69, 9.17) is 16.3 Å². The third-order valence-corrected chi connectivity index (χ3v) is 3.53. The minimum Gasteiger partial charge on any atom is -0.508 e. The van der Waals surface area contributed by atoms with Gasteiger partial charge in [-0.1, -0.05) is 11.6 Å². The lowest BCUT2D eigenvalue weighted by Crippen LogP contribution is -2.12. The number of hydrogen-bond acceptors (Lipinski definition) is 3. The first-order valence-electron chi connectivity index (χ1n) is 6.12. The smallest absolute Gasteiger partial charge is 0.128 e. The fourth-order valence-electron chi connectivity index (χ4n) is 2.29. The van der Waals surface area contributed by atoms with Crippen molar-refractivity contribution >= 4 is 17.3 Å². The molecule has 0 bridgehead atoms. The summed E-state index contributed by atoms with van der Waals surface area (Å²) in [7, 11) is 0. The zero-order chi connectivity index (χ0) is 13.4. The summed E-state index contributed by atoms with van der Waals surface area (Å²) in [5, 5.41) is 13.6. The van der Waals surface area contributed by atoms with E-state index in [2.05, 4.69) is 5.32 Å². The molecule has 0 saturated carbocycles. The molecule has 2 aromatic carbocycles. The van der Waals surface area contributed by atoms with Crippen LogP contribution in [0.5, 0.6) is 11.5 Å². The Hall–Kier alpha value is -1.87. The molecular formula is C15H14ClNO2. The summed E-state index contributed by atoms with van der Waals surface area (Å²) < 4.78 is 5.58. The van der Waals surface area contributed by atoms with Gasteiger partial charge in [-0.25, -0.2) is 0 Å². The van der Waals surface area contributed by atoms with Crippen LogP contribution in [0.2, 0.25) is 5.02 Å². The second-order valence-corrected chi connectivity index (χ2v) is 5.13. The molecule has 0 aromatic heterocycles. The summed E-state index contributed by atoms with van der Waals surface area (Å²) in [5.41, 5.74) is 3.20.